The van der Waals surface area contributed by atoms with E-state index in [1.165, 1.54) is 0 Å². The van der Waals surface area contributed by atoms with Gasteiger partial charge < -0.3 is 16.0 Å². The maximum absolute atomic E-state index is 11.8. The largest absolute Gasteiger partial charge is 0.324 e. The van der Waals surface area contributed by atoms with Crippen LogP contribution in [0.5, 0.6) is 0 Å². The molecule has 0 atom stereocenters. The van der Waals surface area contributed by atoms with Crippen LogP contribution < -0.4 is 11.1 Å². The number of nitrogens with one attached hydrogen (secondary N) is 1. The molecule has 4 nitrogen and oxygen atoms in total. The zero-order valence-corrected chi connectivity index (χ0v) is 10.9. The summed E-state index contributed by atoms with van der Waals surface area (Å²) in [6, 6.07) is 7.75. The van der Waals surface area contributed by atoms with Gasteiger partial charge >= 0.3 is 0 Å². The number of amides is 1. The fourth-order valence-corrected chi connectivity index (χ4v) is 1.40. The molecule has 1 aromatic carbocycles. The molecule has 1 rings (SSSR count). The van der Waals surface area contributed by atoms with Gasteiger partial charge in [0.15, 0.2) is 0 Å². The average molecular weight is 235 g/mol. The van der Waals surface area contributed by atoms with Crippen molar-refractivity contribution in [3.05, 3.63) is 29.8 Å². The molecule has 0 saturated heterocycles. The highest BCUT2D eigenvalue weighted by atomic mass is 16.2. The Morgan fingerprint density at radius 2 is 1.94 bits per heavy atom. The number of carbonyl (C=O) groups excluding carboxylic acids is 1. The van der Waals surface area contributed by atoms with E-state index in [1.54, 1.807) is 13.8 Å². The van der Waals surface area contributed by atoms with Crippen molar-refractivity contribution < 1.29 is 4.79 Å². The Hall–Kier alpha value is -1.39. The van der Waals surface area contributed by atoms with Gasteiger partial charge in [0.25, 0.3) is 0 Å². The molecule has 0 bridgehead atoms. The van der Waals surface area contributed by atoms with Crippen LogP contribution in [0.25, 0.3) is 0 Å². The monoisotopic (exact) mass is 235 g/mol. The first-order valence-electron chi connectivity index (χ1n) is 5.63. The van der Waals surface area contributed by atoms with Gasteiger partial charge in [-0.05, 0) is 39.6 Å². The van der Waals surface area contributed by atoms with E-state index < -0.39 is 5.54 Å². The highest BCUT2D eigenvalue weighted by Crippen LogP contribution is 2.17. The number of para-hydroxylation sites is 1. The van der Waals surface area contributed by atoms with Gasteiger partial charge in [0.05, 0.1) is 5.54 Å². The van der Waals surface area contributed by atoms with Crippen molar-refractivity contribution in [1.29, 1.82) is 0 Å². The maximum atomic E-state index is 11.8. The van der Waals surface area contributed by atoms with Crippen LogP contribution in [0.2, 0.25) is 0 Å². The van der Waals surface area contributed by atoms with E-state index in [0.29, 0.717) is 0 Å². The number of nitrogens with zero attached hydrogens (tertiary/aromatic N) is 1. The predicted molar refractivity (Wildman–Crippen MR) is 70.7 cm³/mol. The summed E-state index contributed by atoms with van der Waals surface area (Å²) in [5, 5.41) is 2.87. The van der Waals surface area contributed by atoms with E-state index in [4.69, 9.17) is 5.73 Å². The fourth-order valence-electron chi connectivity index (χ4n) is 1.40. The normalized spacial score (nSPS) is 11.6. The third-order valence-corrected chi connectivity index (χ3v) is 2.34. The van der Waals surface area contributed by atoms with Crippen LogP contribution in [0, 0.1) is 0 Å². The lowest BCUT2D eigenvalue weighted by atomic mass is 10.1. The van der Waals surface area contributed by atoms with E-state index >= 15 is 0 Å². The van der Waals surface area contributed by atoms with E-state index in [-0.39, 0.29) is 5.91 Å². The molecule has 94 valence electrons. The van der Waals surface area contributed by atoms with E-state index in [2.05, 4.69) is 10.2 Å². The number of hydrogen-bond acceptors (Lipinski definition) is 3. The van der Waals surface area contributed by atoms with Crippen molar-refractivity contribution in [3.8, 4) is 0 Å². The smallest absolute Gasteiger partial charge is 0.243 e. The van der Waals surface area contributed by atoms with E-state index in [9.17, 15) is 4.79 Å². The van der Waals surface area contributed by atoms with Crippen LogP contribution in [0.15, 0.2) is 24.3 Å². The number of benzene rings is 1. The molecule has 1 amide bonds. The van der Waals surface area contributed by atoms with Crippen LogP contribution in [-0.4, -0.2) is 30.4 Å². The Morgan fingerprint density at radius 3 is 2.47 bits per heavy atom. The molecule has 0 aliphatic carbocycles. The summed E-state index contributed by atoms with van der Waals surface area (Å²) in [4.78, 5) is 13.9. The Bertz CT molecular complexity index is 394. The number of carbonyl (C=O) groups is 1. The van der Waals surface area contributed by atoms with Crippen LogP contribution >= 0.6 is 0 Å². The average Bonchev–Trinajstić information content (AvgIpc) is 2.18. The van der Waals surface area contributed by atoms with Crippen molar-refractivity contribution in [3.63, 3.8) is 0 Å². The van der Waals surface area contributed by atoms with Gasteiger partial charge in [-0.2, -0.15) is 0 Å². The summed E-state index contributed by atoms with van der Waals surface area (Å²) in [5.41, 5.74) is 6.79. The Balaban J connectivity index is 2.87. The molecule has 0 saturated carbocycles. The van der Waals surface area contributed by atoms with Gasteiger partial charge in [0.2, 0.25) is 5.91 Å². The number of rotatable bonds is 4. The first-order valence-corrected chi connectivity index (χ1v) is 5.63. The summed E-state index contributed by atoms with van der Waals surface area (Å²) in [6.07, 6.45) is 0. The lowest BCUT2D eigenvalue weighted by Gasteiger charge is -2.20. The Labute approximate surface area is 103 Å². The molecule has 0 spiro atoms. The molecule has 4 heteroatoms. The number of anilines is 1. The van der Waals surface area contributed by atoms with Gasteiger partial charge in [0.1, 0.15) is 0 Å². The minimum Gasteiger partial charge on any atom is -0.324 e. The highest BCUT2D eigenvalue weighted by Gasteiger charge is 2.22. The molecular weight excluding hydrogens is 214 g/mol. The van der Waals surface area contributed by atoms with Crippen molar-refractivity contribution >= 4 is 11.6 Å². The minimum atomic E-state index is -0.870. The van der Waals surface area contributed by atoms with Crippen molar-refractivity contribution in [1.82, 2.24) is 4.90 Å². The van der Waals surface area contributed by atoms with E-state index in [1.807, 2.05) is 38.4 Å². The Kier molecular flexibility index (Phi) is 4.26. The van der Waals surface area contributed by atoms with Gasteiger partial charge in [-0.25, -0.2) is 0 Å². The standard InChI is InChI=1S/C13H21N3O/c1-13(2,14)12(17)15-11-8-6-5-7-10(11)9-16(3)4/h5-8H,9,14H2,1-4H3,(H,15,17). The SMILES string of the molecule is CN(C)Cc1ccccc1NC(=O)C(C)(C)N. The summed E-state index contributed by atoms with van der Waals surface area (Å²) in [5.74, 6) is -0.177. The summed E-state index contributed by atoms with van der Waals surface area (Å²) >= 11 is 0. The molecule has 1 aromatic rings. The molecule has 0 fully saturated rings. The topological polar surface area (TPSA) is 58.4 Å². The first-order chi connectivity index (χ1) is 7.80. The molecule has 0 aromatic heterocycles. The molecule has 0 unspecified atom stereocenters. The van der Waals surface area contributed by atoms with E-state index in [0.717, 1.165) is 17.8 Å². The second-order valence-corrected chi connectivity index (χ2v) is 5.07. The number of hydrogen-bond donors (Lipinski definition) is 2. The Morgan fingerprint density at radius 1 is 1.35 bits per heavy atom. The molecular formula is C13H21N3O. The van der Waals surface area contributed by atoms with Crippen LogP contribution in [0.1, 0.15) is 19.4 Å². The summed E-state index contributed by atoms with van der Waals surface area (Å²) in [6.45, 7) is 4.16. The molecule has 0 aliphatic heterocycles. The quantitative estimate of drug-likeness (QED) is 0.830. The lowest BCUT2D eigenvalue weighted by Crippen LogP contribution is -2.45. The van der Waals surface area contributed by atoms with Gasteiger partial charge in [-0.15, -0.1) is 0 Å². The zero-order chi connectivity index (χ0) is 13.1. The zero-order valence-electron chi connectivity index (χ0n) is 10.9. The van der Waals surface area contributed by atoms with Gasteiger partial charge in [0, 0.05) is 12.2 Å². The maximum Gasteiger partial charge on any atom is 0.243 e. The second-order valence-electron chi connectivity index (χ2n) is 5.07. The third-order valence-electron chi connectivity index (χ3n) is 2.34. The van der Waals surface area contributed by atoms with Gasteiger partial charge in [-0.3, -0.25) is 4.79 Å². The van der Waals surface area contributed by atoms with Crippen molar-refractivity contribution in [2.45, 2.75) is 25.9 Å². The molecule has 3 N–H and O–H groups in total. The molecule has 0 radical (unpaired) electrons. The van der Waals surface area contributed by atoms with Crippen LogP contribution in [0.3, 0.4) is 0 Å². The fraction of sp³-hybridized carbons (Fsp3) is 0.462. The van der Waals surface area contributed by atoms with Crippen LogP contribution in [-0.2, 0) is 11.3 Å². The molecule has 0 heterocycles. The minimum absolute atomic E-state index is 0.177. The number of nitrogens with two attached hydrogens (primary N) is 1. The first kappa shape index (κ1) is 13.7. The second kappa shape index (κ2) is 5.29. The van der Waals surface area contributed by atoms with Crippen molar-refractivity contribution in [2.24, 2.45) is 5.73 Å². The van der Waals surface area contributed by atoms with Crippen LogP contribution in [0.4, 0.5) is 5.69 Å². The molecule has 0 aliphatic rings. The predicted octanol–water partition coefficient (Wildman–Crippen LogP) is 1.42. The molecule has 17 heavy (non-hydrogen) atoms. The lowest BCUT2D eigenvalue weighted by molar-refractivity contribution is -0.120. The van der Waals surface area contributed by atoms with Gasteiger partial charge in [-0.1, -0.05) is 18.2 Å². The third kappa shape index (κ3) is 4.17. The summed E-state index contributed by atoms with van der Waals surface area (Å²) in [7, 11) is 3.98. The highest BCUT2D eigenvalue weighted by molar-refractivity contribution is 5.97. The van der Waals surface area contributed by atoms with Crippen molar-refractivity contribution in [2.75, 3.05) is 19.4 Å². The summed E-state index contributed by atoms with van der Waals surface area (Å²) < 4.78 is 0.